The SMILES string of the molecule is COc1cc2c(cc1OC)CN(C(=O)c1csc(-c3cnn(C)c3)n1)CC2. The number of carbonyl (C=O) groups is 1. The minimum atomic E-state index is -0.0539. The molecule has 0 bridgehead atoms. The number of methoxy groups -OCH3 is 2. The fourth-order valence-electron chi connectivity index (χ4n) is 3.25. The molecule has 0 saturated carbocycles. The molecule has 27 heavy (non-hydrogen) atoms. The van der Waals surface area contributed by atoms with Gasteiger partial charge in [-0.2, -0.15) is 5.10 Å². The number of hydrogen-bond acceptors (Lipinski definition) is 6. The number of aromatic nitrogens is 3. The van der Waals surface area contributed by atoms with Crippen molar-refractivity contribution in [1.82, 2.24) is 19.7 Å². The molecular formula is C19H20N4O3S. The second-order valence-electron chi connectivity index (χ2n) is 6.39. The summed E-state index contributed by atoms with van der Waals surface area (Å²) in [6.45, 7) is 1.19. The van der Waals surface area contributed by atoms with E-state index >= 15 is 0 Å². The second kappa shape index (κ2) is 7.03. The summed E-state index contributed by atoms with van der Waals surface area (Å²) < 4.78 is 12.5. The van der Waals surface area contributed by atoms with Gasteiger partial charge in [0.15, 0.2) is 11.5 Å². The number of rotatable bonds is 4. The van der Waals surface area contributed by atoms with Gasteiger partial charge in [0.2, 0.25) is 0 Å². The van der Waals surface area contributed by atoms with Gasteiger partial charge in [0.1, 0.15) is 10.7 Å². The molecule has 0 radical (unpaired) electrons. The highest BCUT2D eigenvalue weighted by molar-refractivity contribution is 7.13. The van der Waals surface area contributed by atoms with Crippen LogP contribution >= 0.6 is 11.3 Å². The minimum Gasteiger partial charge on any atom is -0.493 e. The summed E-state index contributed by atoms with van der Waals surface area (Å²) in [5.41, 5.74) is 3.66. The third-order valence-electron chi connectivity index (χ3n) is 4.68. The van der Waals surface area contributed by atoms with E-state index in [1.807, 2.05) is 35.7 Å². The van der Waals surface area contributed by atoms with Gasteiger partial charge in [-0.15, -0.1) is 11.3 Å². The Hall–Kier alpha value is -2.87. The molecular weight excluding hydrogens is 364 g/mol. The summed E-state index contributed by atoms with van der Waals surface area (Å²) in [6, 6.07) is 3.95. The van der Waals surface area contributed by atoms with Crippen LogP contribution < -0.4 is 9.47 Å². The van der Waals surface area contributed by atoms with Crippen LogP contribution in [0, 0.1) is 0 Å². The molecule has 7 nitrogen and oxygen atoms in total. The highest BCUT2D eigenvalue weighted by Crippen LogP contribution is 2.33. The predicted molar refractivity (Wildman–Crippen MR) is 102 cm³/mol. The van der Waals surface area contributed by atoms with E-state index in [1.165, 1.54) is 16.9 Å². The number of ether oxygens (including phenoxy) is 2. The van der Waals surface area contributed by atoms with E-state index < -0.39 is 0 Å². The van der Waals surface area contributed by atoms with Crippen LogP contribution in [0.4, 0.5) is 0 Å². The summed E-state index contributed by atoms with van der Waals surface area (Å²) in [5.74, 6) is 1.34. The first kappa shape index (κ1) is 17.5. The molecule has 1 aliphatic heterocycles. The Morgan fingerprint density at radius 1 is 1.19 bits per heavy atom. The molecule has 0 fully saturated rings. The molecule has 4 rings (SSSR count). The van der Waals surface area contributed by atoms with Crippen molar-refractivity contribution in [2.75, 3.05) is 20.8 Å². The Morgan fingerprint density at radius 3 is 2.59 bits per heavy atom. The maximum Gasteiger partial charge on any atom is 0.273 e. The van der Waals surface area contributed by atoms with Crippen LogP contribution in [0.15, 0.2) is 29.9 Å². The van der Waals surface area contributed by atoms with Crippen molar-refractivity contribution in [2.45, 2.75) is 13.0 Å². The lowest BCUT2D eigenvalue weighted by Crippen LogP contribution is -2.36. The van der Waals surface area contributed by atoms with E-state index in [4.69, 9.17) is 9.47 Å². The number of amides is 1. The van der Waals surface area contributed by atoms with Crippen LogP contribution in [0.1, 0.15) is 21.6 Å². The highest BCUT2D eigenvalue weighted by Gasteiger charge is 2.25. The number of thiazole rings is 1. The first-order valence-corrected chi connectivity index (χ1v) is 9.44. The maximum atomic E-state index is 12.9. The van der Waals surface area contributed by atoms with E-state index in [0.717, 1.165) is 28.3 Å². The zero-order chi connectivity index (χ0) is 19.0. The van der Waals surface area contributed by atoms with E-state index in [0.29, 0.717) is 24.5 Å². The van der Waals surface area contributed by atoms with Gasteiger partial charge >= 0.3 is 0 Å². The topological polar surface area (TPSA) is 69.5 Å². The van der Waals surface area contributed by atoms with Crippen molar-refractivity contribution in [3.05, 3.63) is 46.7 Å². The van der Waals surface area contributed by atoms with Gasteiger partial charge in [-0.25, -0.2) is 4.98 Å². The number of aryl methyl sites for hydroxylation is 1. The average molecular weight is 384 g/mol. The first-order chi connectivity index (χ1) is 13.1. The van der Waals surface area contributed by atoms with E-state index in [9.17, 15) is 4.79 Å². The summed E-state index contributed by atoms with van der Waals surface area (Å²) in [5, 5.41) is 6.77. The highest BCUT2D eigenvalue weighted by atomic mass is 32.1. The zero-order valence-corrected chi connectivity index (χ0v) is 16.2. The summed E-state index contributed by atoms with van der Waals surface area (Å²) in [4.78, 5) is 19.3. The van der Waals surface area contributed by atoms with Crippen molar-refractivity contribution >= 4 is 17.2 Å². The van der Waals surface area contributed by atoms with Crippen molar-refractivity contribution in [1.29, 1.82) is 0 Å². The Bertz CT molecular complexity index is 995. The number of nitrogens with zero attached hydrogens (tertiary/aromatic N) is 4. The molecule has 1 amide bonds. The Labute approximate surface area is 161 Å². The zero-order valence-electron chi connectivity index (χ0n) is 15.4. The smallest absolute Gasteiger partial charge is 0.273 e. The van der Waals surface area contributed by atoms with Gasteiger partial charge in [0.05, 0.1) is 20.4 Å². The monoisotopic (exact) mass is 384 g/mol. The van der Waals surface area contributed by atoms with E-state index in [1.54, 1.807) is 25.1 Å². The van der Waals surface area contributed by atoms with Gasteiger partial charge < -0.3 is 14.4 Å². The van der Waals surface area contributed by atoms with Crippen molar-refractivity contribution in [3.8, 4) is 22.1 Å². The Morgan fingerprint density at radius 2 is 1.93 bits per heavy atom. The molecule has 0 N–H and O–H groups in total. The minimum absolute atomic E-state index is 0.0539. The molecule has 0 aliphatic carbocycles. The fourth-order valence-corrected chi connectivity index (χ4v) is 4.02. The van der Waals surface area contributed by atoms with Gasteiger partial charge in [-0.1, -0.05) is 0 Å². The van der Waals surface area contributed by atoms with Gasteiger partial charge in [0.25, 0.3) is 5.91 Å². The lowest BCUT2D eigenvalue weighted by molar-refractivity contribution is 0.0729. The predicted octanol–water partition coefficient (Wildman–Crippen LogP) is 2.76. The molecule has 140 valence electrons. The fraction of sp³-hybridized carbons (Fsp3) is 0.316. The third kappa shape index (κ3) is 3.28. The molecule has 3 heterocycles. The van der Waals surface area contributed by atoms with Crippen LogP contribution in [0.5, 0.6) is 11.5 Å². The quantitative estimate of drug-likeness (QED) is 0.692. The first-order valence-electron chi connectivity index (χ1n) is 8.56. The van der Waals surface area contributed by atoms with Crippen LogP contribution in [0.25, 0.3) is 10.6 Å². The molecule has 3 aromatic rings. The van der Waals surface area contributed by atoms with Gasteiger partial charge in [-0.05, 0) is 29.7 Å². The molecule has 0 spiro atoms. The maximum absolute atomic E-state index is 12.9. The molecule has 0 unspecified atom stereocenters. The Kier molecular flexibility index (Phi) is 4.57. The van der Waals surface area contributed by atoms with E-state index in [2.05, 4.69) is 10.1 Å². The summed E-state index contributed by atoms with van der Waals surface area (Å²) >= 11 is 1.46. The van der Waals surface area contributed by atoms with Crippen LogP contribution in [-0.4, -0.2) is 46.3 Å². The van der Waals surface area contributed by atoms with Crippen LogP contribution in [-0.2, 0) is 20.0 Å². The van der Waals surface area contributed by atoms with E-state index in [-0.39, 0.29) is 5.91 Å². The largest absolute Gasteiger partial charge is 0.493 e. The van der Waals surface area contributed by atoms with Crippen LogP contribution in [0.3, 0.4) is 0 Å². The van der Waals surface area contributed by atoms with Gasteiger partial charge in [-0.3, -0.25) is 9.48 Å². The lowest BCUT2D eigenvalue weighted by atomic mass is 9.98. The van der Waals surface area contributed by atoms with Crippen molar-refractivity contribution in [2.24, 2.45) is 7.05 Å². The normalized spacial score (nSPS) is 13.4. The number of benzene rings is 1. The van der Waals surface area contributed by atoms with Crippen molar-refractivity contribution < 1.29 is 14.3 Å². The molecule has 1 aliphatic rings. The lowest BCUT2D eigenvalue weighted by Gasteiger charge is -2.29. The van der Waals surface area contributed by atoms with Crippen molar-refractivity contribution in [3.63, 3.8) is 0 Å². The molecule has 1 aromatic carbocycles. The number of carbonyl (C=O) groups excluding carboxylic acids is 1. The third-order valence-corrected chi connectivity index (χ3v) is 5.57. The van der Waals surface area contributed by atoms with Crippen LogP contribution in [0.2, 0.25) is 0 Å². The number of hydrogen-bond donors (Lipinski definition) is 0. The summed E-state index contributed by atoms with van der Waals surface area (Å²) in [7, 11) is 5.10. The molecule has 8 heteroatoms. The molecule has 0 atom stereocenters. The standard InChI is InChI=1S/C19H20N4O3S/c1-22-9-14(8-20-22)18-21-15(11-27-18)19(24)23-5-4-12-6-16(25-2)17(26-3)7-13(12)10-23/h6-9,11H,4-5,10H2,1-3H3. The van der Waals surface area contributed by atoms with Gasteiger partial charge in [0, 0.05) is 37.3 Å². The Balaban J connectivity index is 1.55. The molecule has 2 aromatic heterocycles. The molecule has 0 saturated heterocycles. The second-order valence-corrected chi connectivity index (χ2v) is 7.25. The number of fused-ring (bicyclic) bond motifs is 1. The average Bonchev–Trinajstić information content (AvgIpc) is 3.34. The summed E-state index contributed by atoms with van der Waals surface area (Å²) in [6.07, 6.45) is 4.43.